The van der Waals surface area contributed by atoms with E-state index in [1.807, 2.05) is 13.8 Å². The smallest absolute Gasteiger partial charge is 0.147 e. The molecule has 0 aliphatic heterocycles. The summed E-state index contributed by atoms with van der Waals surface area (Å²) in [4.78, 5) is 4.24. The lowest BCUT2D eigenvalue weighted by Gasteiger charge is -2.12. The van der Waals surface area contributed by atoms with E-state index in [-0.39, 0.29) is 6.04 Å². The summed E-state index contributed by atoms with van der Waals surface area (Å²) in [6, 6.07) is 1.96. The van der Waals surface area contributed by atoms with Crippen LogP contribution < -0.4 is 10.6 Å². The molecular formula is C9H13Cl2N3. The Bertz CT molecular complexity index is 326. The van der Waals surface area contributed by atoms with Gasteiger partial charge in [-0.3, -0.25) is 0 Å². The van der Waals surface area contributed by atoms with Crippen molar-refractivity contribution in [3.05, 3.63) is 16.1 Å². The summed E-state index contributed by atoms with van der Waals surface area (Å²) in [6.07, 6.45) is 0. The third-order valence-corrected chi connectivity index (χ3v) is 2.17. The molecule has 78 valence electrons. The third-order valence-electron chi connectivity index (χ3n) is 1.59. The van der Waals surface area contributed by atoms with Gasteiger partial charge in [-0.15, -0.1) is 0 Å². The maximum atomic E-state index is 5.97. The van der Waals surface area contributed by atoms with Gasteiger partial charge in [0.25, 0.3) is 0 Å². The van der Waals surface area contributed by atoms with Gasteiger partial charge in [-0.25, -0.2) is 4.98 Å². The Kier molecular flexibility index (Phi) is 3.84. The van der Waals surface area contributed by atoms with Crippen LogP contribution in [-0.2, 0) is 0 Å². The number of anilines is 2. The molecule has 0 aromatic carbocycles. The van der Waals surface area contributed by atoms with Crippen molar-refractivity contribution in [1.82, 2.24) is 4.98 Å². The average molecular weight is 234 g/mol. The second-order valence-electron chi connectivity index (χ2n) is 3.20. The van der Waals surface area contributed by atoms with Crippen LogP contribution in [0.5, 0.6) is 0 Å². The SMILES string of the molecule is CNc1nc(NC(C)C)c(Cl)cc1Cl. The van der Waals surface area contributed by atoms with E-state index in [9.17, 15) is 0 Å². The van der Waals surface area contributed by atoms with E-state index < -0.39 is 0 Å². The zero-order valence-electron chi connectivity index (χ0n) is 8.36. The number of rotatable bonds is 3. The van der Waals surface area contributed by atoms with E-state index in [0.717, 1.165) is 0 Å². The van der Waals surface area contributed by atoms with Crippen LogP contribution in [0.25, 0.3) is 0 Å². The molecule has 1 heterocycles. The first-order valence-electron chi connectivity index (χ1n) is 4.35. The van der Waals surface area contributed by atoms with Gasteiger partial charge in [0.1, 0.15) is 11.6 Å². The number of pyridine rings is 1. The maximum Gasteiger partial charge on any atom is 0.147 e. The summed E-state index contributed by atoms with van der Waals surface area (Å²) in [5.41, 5.74) is 0. The number of nitrogens with one attached hydrogen (secondary N) is 2. The molecule has 1 rings (SSSR count). The molecule has 0 unspecified atom stereocenters. The first-order valence-corrected chi connectivity index (χ1v) is 5.10. The monoisotopic (exact) mass is 233 g/mol. The van der Waals surface area contributed by atoms with Crippen molar-refractivity contribution in [2.24, 2.45) is 0 Å². The second-order valence-corrected chi connectivity index (χ2v) is 4.01. The predicted molar refractivity (Wildman–Crippen MR) is 62.6 cm³/mol. The standard InChI is InChI=1S/C9H13Cl2N3/c1-5(2)13-9-7(11)4-6(10)8(12-3)14-9/h4-5H,1-3H3,(H2,12,13,14). The highest BCUT2D eigenvalue weighted by Gasteiger charge is 2.08. The fourth-order valence-electron chi connectivity index (χ4n) is 1.02. The quantitative estimate of drug-likeness (QED) is 0.842. The first kappa shape index (κ1) is 11.4. The number of halogens is 2. The number of nitrogens with zero attached hydrogens (tertiary/aromatic N) is 1. The molecule has 0 saturated heterocycles. The highest BCUT2D eigenvalue weighted by molar-refractivity contribution is 6.37. The van der Waals surface area contributed by atoms with E-state index >= 15 is 0 Å². The van der Waals surface area contributed by atoms with E-state index in [1.54, 1.807) is 13.1 Å². The molecule has 0 bridgehead atoms. The van der Waals surface area contributed by atoms with E-state index in [1.165, 1.54) is 0 Å². The lowest BCUT2D eigenvalue weighted by molar-refractivity contribution is 0.889. The first-order chi connectivity index (χ1) is 6.54. The summed E-state index contributed by atoms with van der Waals surface area (Å²) >= 11 is 11.9. The van der Waals surface area contributed by atoms with Gasteiger partial charge in [-0.05, 0) is 19.9 Å². The molecule has 5 heteroatoms. The zero-order valence-corrected chi connectivity index (χ0v) is 9.87. The van der Waals surface area contributed by atoms with Gasteiger partial charge in [0.05, 0.1) is 10.0 Å². The molecule has 2 N–H and O–H groups in total. The van der Waals surface area contributed by atoms with Gasteiger partial charge in [0.15, 0.2) is 0 Å². The fraction of sp³-hybridized carbons (Fsp3) is 0.444. The second kappa shape index (κ2) is 4.71. The van der Waals surface area contributed by atoms with Gasteiger partial charge in [-0.2, -0.15) is 0 Å². The Morgan fingerprint density at radius 3 is 2.29 bits per heavy atom. The summed E-state index contributed by atoms with van der Waals surface area (Å²) in [7, 11) is 1.77. The van der Waals surface area contributed by atoms with Crippen LogP contribution in [0.1, 0.15) is 13.8 Å². The molecule has 1 aromatic rings. The topological polar surface area (TPSA) is 37.0 Å². The Morgan fingerprint density at radius 1 is 1.21 bits per heavy atom. The molecule has 0 fully saturated rings. The summed E-state index contributed by atoms with van der Waals surface area (Å²) in [6.45, 7) is 4.04. The molecule has 14 heavy (non-hydrogen) atoms. The van der Waals surface area contributed by atoms with Crippen molar-refractivity contribution in [2.75, 3.05) is 17.7 Å². The zero-order chi connectivity index (χ0) is 10.7. The summed E-state index contributed by atoms with van der Waals surface area (Å²) in [5.74, 6) is 1.27. The Balaban J connectivity index is 3.04. The number of hydrogen-bond acceptors (Lipinski definition) is 3. The minimum atomic E-state index is 0.283. The fourth-order valence-corrected chi connectivity index (χ4v) is 1.52. The van der Waals surface area contributed by atoms with Crippen LogP contribution in [0, 0.1) is 0 Å². The summed E-state index contributed by atoms with van der Waals surface area (Å²) in [5, 5.41) is 7.08. The van der Waals surface area contributed by atoms with Gasteiger partial charge >= 0.3 is 0 Å². The lowest BCUT2D eigenvalue weighted by Crippen LogP contribution is -2.12. The van der Waals surface area contributed by atoms with Crippen LogP contribution in [0.2, 0.25) is 10.0 Å². The van der Waals surface area contributed by atoms with Crippen molar-refractivity contribution in [3.8, 4) is 0 Å². The minimum Gasteiger partial charge on any atom is -0.372 e. The number of aromatic nitrogens is 1. The average Bonchev–Trinajstić information content (AvgIpc) is 2.09. The van der Waals surface area contributed by atoms with Crippen LogP contribution >= 0.6 is 23.2 Å². The highest BCUT2D eigenvalue weighted by Crippen LogP contribution is 2.29. The highest BCUT2D eigenvalue weighted by atomic mass is 35.5. The van der Waals surface area contributed by atoms with Gasteiger partial charge in [-0.1, -0.05) is 23.2 Å². The minimum absolute atomic E-state index is 0.283. The van der Waals surface area contributed by atoms with Gasteiger partial charge < -0.3 is 10.6 Å². The van der Waals surface area contributed by atoms with Crippen molar-refractivity contribution in [2.45, 2.75) is 19.9 Å². The molecule has 0 aliphatic rings. The van der Waals surface area contributed by atoms with Gasteiger partial charge in [0.2, 0.25) is 0 Å². The lowest BCUT2D eigenvalue weighted by atomic mass is 10.3. The van der Waals surface area contributed by atoms with Crippen LogP contribution in [-0.4, -0.2) is 18.1 Å². The normalized spacial score (nSPS) is 10.4. The Hall–Kier alpha value is -0.670. The molecule has 1 aromatic heterocycles. The number of hydrogen-bond donors (Lipinski definition) is 2. The van der Waals surface area contributed by atoms with Crippen LogP contribution in [0.3, 0.4) is 0 Å². The Labute approximate surface area is 93.8 Å². The van der Waals surface area contributed by atoms with E-state index in [2.05, 4.69) is 15.6 Å². The van der Waals surface area contributed by atoms with E-state index in [4.69, 9.17) is 23.2 Å². The molecule has 0 amide bonds. The maximum absolute atomic E-state index is 5.97. The summed E-state index contributed by atoms with van der Waals surface area (Å²) < 4.78 is 0. The van der Waals surface area contributed by atoms with Crippen LogP contribution in [0.4, 0.5) is 11.6 Å². The predicted octanol–water partition coefficient (Wildman–Crippen LogP) is 3.25. The molecule has 0 saturated carbocycles. The Morgan fingerprint density at radius 2 is 1.79 bits per heavy atom. The van der Waals surface area contributed by atoms with Crippen molar-refractivity contribution in [1.29, 1.82) is 0 Å². The molecule has 0 aliphatic carbocycles. The van der Waals surface area contributed by atoms with Crippen molar-refractivity contribution < 1.29 is 0 Å². The molecule has 0 radical (unpaired) electrons. The third kappa shape index (κ3) is 2.66. The molecule has 0 atom stereocenters. The van der Waals surface area contributed by atoms with Crippen LogP contribution in [0.15, 0.2) is 6.07 Å². The van der Waals surface area contributed by atoms with Crippen molar-refractivity contribution >= 4 is 34.8 Å². The molecule has 0 spiro atoms. The van der Waals surface area contributed by atoms with Crippen molar-refractivity contribution in [3.63, 3.8) is 0 Å². The largest absolute Gasteiger partial charge is 0.372 e. The van der Waals surface area contributed by atoms with E-state index in [0.29, 0.717) is 21.7 Å². The van der Waals surface area contributed by atoms with Gasteiger partial charge in [0, 0.05) is 13.1 Å². The molecule has 3 nitrogen and oxygen atoms in total. The molecular weight excluding hydrogens is 221 g/mol.